The number of amides is 1. The fourth-order valence-electron chi connectivity index (χ4n) is 2.62. The number of carbonyl (C=O) groups excluding carboxylic acids is 1. The van der Waals surface area contributed by atoms with E-state index < -0.39 is 5.91 Å². The standard InChI is InChI=1S/C17H15N5O2S/c23-15(14-10-19-17-21(16(14)24)6-7-25-17)18-8-12-9-20-22(11-12)13-4-2-1-3-5-13/h1-5,9-11H,6-8H2,(H,18,23). The number of thioether (sulfide) groups is 1. The lowest BCUT2D eigenvalue weighted by molar-refractivity contribution is 0.0948. The average Bonchev–Trinajstić information content (AvgIpc) is 3.30. The highest BCUT2D eigenvalue weighted by molar-refractivity contribution is 7.99. The van der Waals surface area contributed by atoms with Crippen molar-refractivity contribution in [2.75, 3.05) is 5.75 Å². The van der Waals surface area contributed by atoms with Gasteiger partial charge in [-0.15, -0.1) is 0 Å². The van der Waals surface area contributed by atoms with Crippen molar-refractivity contribution in [1.82, 2.24) is 24.6 Å². The molecular weight excluding hydrogens is 338 g/mol. The van der Waals surface area contributed by atoms with Crippen molar-refractivity contribution in [3.8, 4) is 5.69 Å². The molecule has 1 aliphatic heterocycles. The van der Waals surface area contributed by atoms with Crippen LogP contribution in [0, 0.1) is 0 Å². The second kappa shape index (κ2) is 6.56. The number of aromatic nitrogens is 4. The van der Waals surface area contributed by atoms with Crippen LogP contribution in [0.3, 0.4) is 0 Å². The second-order valence-corrected chi connectivity index (χ2v) is 6.63. The summed E-state index contributed by atoms with van der Waals surface area (Å²) in [5.41, 5.74) is 1.58. The quantitative estimate of drug-likeness (QED) is 0.718. The van der Waals surface area contributed by atoms with Crippen LogP contribution in [-0.4, -0.2) is 31.0 Å². The van der Waals surface area contributed by atoms with Gasteiger partial charge in [0.1, 0.15) is 5.56 Å². The Morgan fingerprint density at radius 1 is 1.24 bits per heavy atom. The van der Waals surface area contributed by atoms with Gasteiger partial charge in [0, 0.05) is 36.8 Å². The van der Waals surface area contributed by atoms with E-state index in [0.717, 1.165) is 17.0 Å². The monoisotopic (exact) mass is 353 g/mol. The smallest absolute Gasteiger partial charge is 0.267 e. The summed E-state index contributed by atoms with van der Waals surface area (Å²) in [6.07, 6.45) is 4.90. The molecule has 0 saturated heterocycles. The van der Waals surface area contributed by atoms with Crippen molar-refractivity contribution in [1.29, 1.82) is 0 Å². The molecule has 0 radical (unpaired) electrons. The van der Waals surface area contributed by atoms with Gasteiger partial charge in [-0.1, -0.05) is 30.0 Å². The van der Waals surface area contributed by atoms with Crippen LogP contribution in [0.5, 0.6) is 0 Å². The first-order valence-electron chi connectivity index (χ1n) is 7.82. The van der Waals surface area contributed by atoms with E-state index in [1.807, 2.05) is 36.5 Å². The third-order valence-electron chi connectivity index (χ3n) is 3.91. The Morgan fingerprint density at radius 2 is 2.08 bits per heavy atom. The zero-order valence-corrected chi connectivity index (χ0v) is 14.1. The molecule has 0 fully saturated rings. The molecule has 25 heavy (non-hydrogen) atoms. The van der Waals surface area contributed by atoms with Gasteiger partial charge in [-0.05, 0) is 12.1 Å². The number of hydrogen-bond acceptors (Lipinski definition) is 5. The fourth-order valence-corrected chi connectivity index (χ4v) is 3.54. The zero-order valence-electron chi connectivity index (χ0n) is 13.3. The normalized spacial score (nSPS) is 12.8. The van der Waals surface area contributed by atoms with E-state index in [9.17, 15) is 9.59 Å². The first-order valence-corrected chi connectivity index (χ1v) is 8.81. The lowest BCUT2D eigenvalue weighted by atomic mass is 10.3. The van der Waals surface area contributed by atoms with Crippen LogP contribution in [0.1, 0.15) is 15.9 Å². The number of rotatable bonds is 4. The summed E-state index contributed by atoms with van der Waals surface area (Å²) < 4.78 is 3.29. The minimum absolute atomic E-state index is 0.0710. The first kappa shape index (κ1) is 15.6. The Hall–Kier alpha value is -2.87. The topological polar surface area (TPSA) is 81.8 Å². The number of hydrogen-bond donors (Lipinski definition) is 1. The van der Waals surface area contributed by atoms with E-state index in [1.165, 1.54) is 18.0 Å². The van der Waals surface area contributed by atoms with Crippen molar-refractivity contribution < 1.29 is 4.79 Å². The second-order valence-electron chi connectivity index (χ2n) is 5.57. The fraction of sp³-hybridized carbons (Fsp3) is 0.176. The number of fused-ring (bicyclic) bond motifs is 1. The Labute approximate surface area is 147 Å². The summed E-state index contributed by atoms with van der Waals surface area (Å²) in [6.45, 7) is 0.887. The highest BCUT2D eigenvalue weighted by Crippen LogP contribution is 2.20. The molecular formula is C17H15N5O2S. The predicted molar refractivity (Wildman–Crippen MR) is 94.0 cm³/mol. The van der Waals surface area contributed by atoms with Crippen LogP contribution in [0.4, 0.5) is 0 Å². The summed E-state index contributed by atoms with van der Waals surface area (Å²) in [5.74, 6) is 0.392. The molecule has 1 N–H and O–H groups in total. The van der Waals surface area contributed by atoms with Crippen LogP contribution in [0.15, 0.2) is 58.9 Å². The molecule has 0 spiro atoms. The Morgan fingerprint density at radius 3 is 2.92 bits per heavy atom. The predicted octanol–water partition coefficient (Wildman–Crippen LogP) is 1.46. The maximum atomic E-state index is 12.3. The van der Waals surface area contributed by atoms with E-state index in [0.29, 0.717) is 18.2 Å². The van der Waals surface area contributed by atoms with Crippen molar-refractivity contribution in [3.63, 3.8) is 0 Å². The number of nitrogens with zero attached hydrogens (tertiary/aromatic N) is 4. The zero-order chi connectivity index (χ0) is 17.2. The van der Waals surface area contributed by atoms with Crippen LogP contribution < -0.4 is 10.9 Å². The van der Waals surface area contributed by atoms with Crippen molar-refractivity contribution in [2.45, 2.75) is 18.2 Å². The van der Waals surface area contributed by atoms with Gasteiger partial charge in [0.25, 0.3) is 11.5 Å². The molecule has 126 valence electrons. The maximum absolute atomic E-state index is 12.3. The van der Waals surface area contributed by atoms with E-state index in [-0.39, 0.29) is 11.1 Å². The largest absolute Gasteiger partial charge is 0.348 e. The molecule has 0 atom stereocenters. The molecule has 1 aromatic carbocycles. The molecule has 0 bridgehead atoms. The number of para-hydroxylation sites is 1. The van der Waals surface area contributed by atoms with Crippen LogP contribution in [-0.2, 0) is 13.1 Å². The molecule has 3 aromatic rings. The van der Waals surface area contributed by atoms with Crippen molar-refractivity contribution in [3.05, 3.63) is 70.4 Å². The molecule has 1 amide bonds. The molecule has 0 unspecified atom stereocenters. The summed E-state index contributed by atoms with van der Waals surface area (Å²) in [7, 11) is 0. The van der Waals surface area contributed by atoms with Crippen molar-refractivity contribution >= 4 is 17.7 Å². The highest BCUT2D eigenvalue weighted by Gasteiger charge is 2.19. The molecule has 3 heterocycles. The number of carbonyl (C=O) groups is 1. The van der Waals surface area contributed by atoms with Gasteiger partial charge in [0.05, 0.1) is 11.9 Å². The van der Waals surface area contributed by atoms with Crippen LogP contribution >= 0.6 is 11.8 Å². The molecule has 2 aromatic heterocycles. The van der Waals surface area contributed by atoms with E-state index in [1.54, 1.807) is 15.4 Å². The summed E-state index contributed by atoms with van der Waals surface area (Å²) in [5, 5.41) is 7.72. The van der Waals surface area contributed by atoms with Gasteiger partial charge in [-0.3, -0.25) is 14.2 Å². The van der Waals surface area contributed by atoms with Crippen LogP contribution in [0.25, 0.3) is 5.69 Å². The van der Waals surface area contributed by atoms with Gasteiger partial charge in [0.2, 0.25) is 0 Å². The van der Waals surface area contributed by atoms with Gasteiger partial charge < -0.3 is 5.32 Å². The average molecular weight is 353 g/mol. The lowest BCUT2D eigenvalue weighted by Crippen LogP contribution is -2.33. The Balaban J connectivity index is 1.46. The summed E-state index contributed by atoms with van der Waals surface area (Å²) in [6, 6.07) is 9.71. The van der Waals surface area contributed by atoms with E-state index in [4.69, 9.17) is 0 Å². The van der Waals surface area contributed by atoms with Gasteiger partial charge in [-0.2, -0.15) is 5.10 Å². The first-order chi connectivity index (χ1) is 12.2. The minimum atomic E-state index is -0.419. The van der Waals surface area contributed by atoms with Crippen LogP contribution in [0.2, 0.25) is 0 Å². The maximum Gasteiger partial charge on any atom is 0.267 e. The molecule has 0 aliphatic carbocycles. The molecule has 8 heteroatoms. The van der Waals surface area contributed by atoms with E-state index in [2.05, 4.69) is 15.4 Å². The minimum Gasteiger partial charge on any atom is -0.348 e. The Kier molecular flexibility index (Phi) is 4.10. The molecule has 1 aliphatic rings. The summed E-state index contributed by atoms with van der Waals surface area (Å²) in [4.78, 5) is 28.8. The van der Waals surface area contributed by atoms with Gasteiger partial charge >= 0.3 is 0 Å². The molecule has 0 saturated carbocycles. The Bertz CT molecular complexity index is 980. The SMILES string of the molecule is O=C(NCc1cnn(-c2ccccc2)c1)c1cnc2n(c1=O)CCS2. The third-order valence-corrected chi connectivity index (χ3v) is 4.88. The summed E-state index contributed by atoms with van der Waals surface area (Å²) >= 11 is 1.52. The van der Waals surface area contributed by atoms with Crippen molar-refractivity contribution in [2.24, 2.45) is 0 Å². The molecule has 7 nitrogen and oxygen atoms in total. The van der Waals surface area contributed by atoms with Gasteiger partial charge in [-0.25, -0.2) is 9.67 Å². The highest BCUT2D eigenvalue weighted by atomic mass is 32.2. The third kappa shape index (κ3) is 3.08. The lowest BCUT2D eigenvalue weighted by Gasteiger charge is -2.06. The molecule has 4 rings (SSSR count). The number of nitrogens with one attached hydrogen (secondary N) is 1. The van der Waals surface area contributed by atoms with E-state index >= 15 is 0 Å². The number of benzene rings is 1. The van der Waals surface area contributed by atoms with Gasteiger partial charge in [0.15, 0.2) is 5.16 Å².